The molecule has 2 aromatic heterocycles. The smallest absolute Gasteiger partial charge is 0.141 e. The Balaban J connectivity index is 2.25. The molecule has 0 bridgehead atoms. The summed E-state index contributed by atoms with van der Waals surface area (Å²) < 4.78 is 14.7. The number of aryl methyl sites for hydroxylation is 2. The van der Waals surface area contributed by atoms with Gasteiger partial charge < -0.3 is 5.32 Å². The van der Waals surface area contributed by atoms with Gasteiger partial charge in [-0.05, 0) is 38.4 Å². The molecule has 0 aliphatic carbocycles. The molecule has 0 aliphatic heterocycles. The lowest BCUT2D eigenvalue weighted by molar-refractivity contribution is 0.513. The summed E-state index contributed by atoms with van der Waals surface area (Å²) in [4.78, 5) is 4.19. The standard InChI is InChI=1S/C15H20ClFN4/c1-4-7-18-14(13-6-5-11(17)9-19-13)8-12-10(2)20-21(3)15(12)16/h5-6,9,14,18H,4,7-8H2,1-3H3. The molecule has 0 fully saturated rings. The van der Waals surface area contributed by atoms with Crippen LogP contribution in [0.2, 0.25) is 5.15 Å². The van der Waals surface area contributed by atoms with Crippen molar-refractivity contribution < 1.29 is 4.39 Å². The minimum Gasteiger partial charge on any atom is -0.308 e. The zero-order valence-corrected chi connectivity index (χ0v) is 13.3. The van der Waals surface area contributed by atoms with Gasteiger partial charge in [0, 0.05) is 12.6 Å². The van der Waals surface area contributed by atoms with Crippen molar-refractivity contribution >= 4 is 11.6 Å². The van der Waals surface area contributed by atoms with Crippen LogP contribution in [0.4, 0.5) is 4.39 Å². The highest BCUT2D eigenvalue weighted by Gasteiger charge is 2.19. The van der Waals surface area contributed by atoms with Gasteiger partial charge in [0.1, 0.15) is 11.0 Å². The van der Waals surface area contributed by atoms with Crippen molar-refractivity contribution in [2.75, 3.05) is 6.54 Å². The molecule has 6 heteroatoms. The molecular weight excluding hydrogens is 291 g/mol. The van der Waals surface area contributed by atoms with E-state index in [9.17, 15) is 4.39 Å². The van der Waals surface area contributed by atoms with E-state index >= 15 is 0 Å². The van der Waals surface area contributed by atoms with E-state index in [1.165, 1.54) is 12.3 Å². The summed E-state index contributed by atoms with van der Waals surface area (Å²) in [5.74, 6) is -0.330. The first-order chi connectivity index (χ1) is 10.0. The first-order valence-electron chi connectivity index (χ1n) is 7.05. The molecule has 1 atom stereocenters. The molecule has 1 N–H and O–H groups in total. The van der Waals surface area contributed by atoms with Crippen LogP contribution >= 0.6 is 11.6 Å². The van der Waals surface area contributed by atoms with Gasteiger partial charge in [0.05, 0.1) is 23.6 Å². The number of halogens is 2. The second kappa shape index (κ2) is 7.00. The summed E-state index contributed by atoms with van der Waals surface area (Å²) in [6.07, 6.45) is 2.93. The Labute approximate surface area is 129 Å². The highest BCUT2D eigenvalue weighted by molar-refractivity contribution is 6.30. The Kier molecular flexibility index (Phi) is 5.31. The topological polar surface area (TPSA) is 42.7 Å². The number of hydrogen-bond acceptors (Lipinski definition) is 3. The Hall–Kier alpha value is -1.46. The molecule has 0 saturated heterocycles. The molecule has 114 valence electrons. The summed E-state index contributed by atoms with van der Waals surface area (Å²) in [5.41, 5.74) is 2.72. The Morgan fingerprint density at radius 2 is 2.19 bits per heavy atom. The average Bonchev–Trinajstić information content (AvgIpc) is 2.70. The molecule has 4 nitrogen and oxygen atoms in total. The van der Waals surface area contributed by atoms with Gasteiger partial charge >= 0.3 is 0 Å². The summed E-state index contributed by atoms with van der Waals surface area (Å²) in [6, 6.07) is 3.13. The lowest BCUT2D eigenvalue weighted by Gasteiger charge is -2.18. The maximum atomic E-state index is 13.0. The largest absolute Gasteiger partial charge is 0.308 e. The zero-order valence-electron chi connectivity index (χ0n) is 12.5. The van der Waals surface area contributed by atoms with Crippen molar-refractivity contribution in [3.05, 3.63) is 46.3 Å². The summed E-state index contributed by atoms with van der Waals surface area (Å²) >= 11 is 6.30. The third-order valence-corrected chi connectivity index (χ3v) is 3.90. The molecule has 0 amide bonds. The molecule has 0 radical (unpaired) electrons. The molecule has 2 rings (SSSR count). The number of pyridine rings is 1. The monoisotopic (exact) mass is 310 g/mol. The molecule has 1 unspecified atom stereocenters. The first kappa shape index (κ1) is 15.9. The SMILES string of the molecule is CCCNC(Cc1c(C)nn(C)c1Cl)c1ccc(F)cn1. The number of aromatic nitrogens is 3. The van der Waals surface area contributed by atoms with Crippen LogP contribution in [-0.2, 0) is 13.5 Å². The second-order valence-electron chi connectivity index (χ2n) is 5.09. The molecule has 0 saturated carbocycles. The zero-order chi connectivity index (χ0) is 15.4. The molecule has 0 aliphatic rings. The van der Waals surface area contributed by atoms with Crippen molar-refractivity contribution in [1.82, 2.24) is 20.1 Å². The number of nitrogens with zero attached hydrogens (tertiary/aromatic N) is 3. The van der Waals surface area contributed by atoms with Crippen LogP contribution in [0.15, 0.2) is 18.3 Å². The van der Waals surface area contributed by atoms with Crippen molar-refractivity contribution in [1.29, 1.82) is 0 Å². The molecule has 0 aromatic carbocycles. The fourth-order valence-electron chi connectivity index (χ4n) is 2.30. The van der Waals surface area contributed by atoms with Gasteiger partial charge in [-0.25, -0.2) is 4.39 Å². The maximum Gasteiger partial charge on any atom is 0.141 e. The van der Waals surface area contributed by atoms with Crippen LogP contribution < -0.4 is 5.32 Å². The Bertz CT molecular complexity index is 594. The summed E-state index contributed by atoms with van der Waals surface area (Å²) in [5, 5.41) is 8.40. The van der Waals surface area contributed by atoms with Crippen molar-refractivity contribution in [2.24, 2.45) is 7.05 Å². The predicted octanol–water partition coefficient (Wildman–Crippen LogP) is 3.20. The van der Waals surface area contributed by atoms with Crippen molar-refractivity contribution in [3.63, 3.8) is 0 Å². The Morgan fingerprint density at radius 1 is 1.43 bits per heavy atom. The van der Waals surface area contributed by atoms with Gasteiger partial charge in [0.25, 0.3) is 0 Å². The predicted molar refractivity (Wildman–Crippen MR) is 81.9 cm³/mol. The van der Waals surface area contributed by atoms with Crippen molar-refractivity contribution in [2.45, 2.75) is 32.7 Å². The van der Waals surface area contributed by atoms with E-state index in [2.05, 4.69) is 22.3 Å². The van der Waals surface area contributed by atoms with E-state index in [1.54, 1.807) is 10.7 Å². The quantitative estimate of drug-likeness (QED) is 0.891. The van der Waals surface area contributed by atoms with Crippen LogP contribution in [0.25, 0.3) is 0 Å². The van der Waals surface area contributed by atoms with E-state index < -0.39 is 0 Å². The van der Waals surface area contributed by atoms with Crippen molar-refractivity contribution in [3.8, 4) is 0 Å². The van der Waals surface area contributed by atoms with Gasteiger partial charge in [0.15, 0.2) is 0 Å². The molecular formula is C15H20ClFN4. The normalized spacial score (nSPS) is 12.6. The van der Waals surface area contributed by atoms with E-state index in [-0.39, 0.29) is 11.9 Å². The van der Waals surface area contributed by atoms with Gasteiger partial charge in [-0.3, -0.25) is 9.67 Å². The maximum absolute atomic E-state index is 13.0. The lowest BCUT2D eigenvalue weighted by atomic mass is 10.0. The van der Waals surface area contributed by atoms with Crippen LogP contribution in [0.1, 0.15) is 36.3 Å². The van der Waals surface area contributed by atoms with E-state index in [0.717, 1.165) is 29.9 Å². The van der Waals surface area contributed by atoms with E-state index in [4.69, 9.17) is 11.6 Å². The highest BCUT2D eigenvalue weighted by atomic mass is 35.5. The van der Waals surface area contributed by atoms with Gasteiger partial charge in [-0.15, -0.1) is 0 Å². The molecule has 2 aromatic rings. The molecule has 2 heterocycles. The van der Waals surface area contributed by atoms with Crippen LogP contribution in [0, 0.1) is 12.7 Å². The van der Waals surface area contributed by atoms with E-state index in [0.29, 0.717) is 11.6 Å². The van der Waals surface area contributed by atoms with E-state index in [1.807, 2.05) is 14.0 Å². The number of rotatable bonds is 6. The number of hydrogen-bond donors (Lipinski definition) is 1. The second-order valence-corrected chi connectivity index (χ2v) is 5.45. The third kappa shape index (κ3) is 3.80. The summed E-state index contributed by atoms with van der Waals surface area (Å²) in [6.45, 7) is 4.90. The minimum atomic E-state index is -0.330. The van der Waals surface area contributed by atoms with Gasteiger partial charge in [-0.1, -0.05) is 18.5 Å². The summed E-state index contributed by atoms with van der Waals surface area (Å²) in [7, 11) is 1.82. The Morgan fingerprint density at radius 3 is 2.71 bits per heavy atom. The lowest BCUT2D eigenvalue weighted by Crippen LogP contribution is -2.25. The van der Waals surface area contributed by atoms with Gasteiger partial charge in [0.2, 0.25) is 0 Å². The average molecular weight is 311 g/mol. The fourth-order valence-corrected chi connectivity index (χ4v) is 2.55. The van der Waals surface area contributed by atoms with Crippen LogP contribution in [0.3, 0.4) is 0 Å². The first-order valence-corrected chi connectivity index (χ1v) is 7.43. The molecule has 21 heavy (non-hydrogen) atoms. The minimum absolute atomic E-state index is 0.00838. The molecule has 0 spiro atoms. The highest BCUT2D eigenvalue weighted by Crippen LogP contribution is 2.25. The number of nitrogens with one attached hydrogen (secondary N) is 1. The fraction of sp³-hybridized carbons (Fsp3) is 0.467. The van der Waals surface area contributed by atoms with Crippen LogP contribution in [-0.4, -0.2) is 21.3 Å². The third-order valence-electron chi connectivity index (χ3n) is 3.43. The van der Waals surface area contributed by atoms with Gasteiger partial charge in [-0.2, -0.15) is 5.10 Å². The van der Waals surface area contributed by atoms with Crippen LogP contribution in [0.5, 0.6) is 0 Å².